The highest BCUT2D eigenvalue weighted by Crippen LogP contribution is 2.17. The highest BCUT2D eigenvalue weighted by atomic mass is 79.9. The van der Waals surface area contributed by atoms with E-state index in [0.29, 0.717) is 15.3 Å². The van der Waals surface area contributed by atoms with Gasteiger partial charge in [-0.2, -0.15) is 0 Å². The maximum atomic E-state index is 11.3. The third-order valence-electron chi connectivity index (χ3n) is 1.30. The van der Waals surface area contributed by atoms with Crippen LogP contribution >= 0.6 is 27.5 Å². The van der Waals surface area contributed by atoms with Crippen LogP contribution in [0.15, 0.2) is 33.0 Å². The van der Waals surface area contributed by atoms with Gasteiger partial charge in [-0.15, -0.1) is 0 Å². The summed E-state index contributed by atoms with van der Waals surface area (Å²) >= 11 is 8.57. The first kappa shape index (κ1) is 10.3. The number of amides is 1. The summed E-state index contributed by atoms with van der Waals surface area (Å²) in [4.78, 5) is 11.3. The Morgan fingerprint density at radius 1 is 1.77 bits per heavy atom. The van der Waals surface area contributed by atoms with E-state index in [-0.39, 0.29) is 12.5 Å². The SMILES string of the molecule is C=C(Cl)CNC(=O)c1ccoc1Br. The van der Waals surface area contributed by atoms with Crippen LogP contribution < -0.4 is 5.32 Å². The predicted octanol–water partition coefficient (Wildman–Crippen LogP) is 2.52. The van der Waals surface area contributed by atoms with Crippen LogP contribution in [0.3, 0.4) is 0 Å². The molecule has 1 aromatic rings. The predicted molar refractivity (Wildman–Crippen MR) is 53.7 cm³/mol. The molecule has 0 aliphatic heterocycles. The van der Waals surface area contributed by atoms with E-state index < -0.39 is 0 Å². The van der Waals surface area contributed by atoms with Gasteiger partial charge in [-0.05, 0) is 22.0 Å². The Bertz CT molecular complexity index is 335. The third kappa shape index (κ3) is 2.90. The molecule has 0 radical (unpaired) electrons. The number of nitrogens with one attached hydrogen (secondary N) is 1. The van der Waals surface area contributed by atoms with Crippen LogP contribution in [0.4, 0.5) is 0 Å². The Labute approximate surface area is 88.9 Å². The van der Waals surface area contributed by atoms with Gasteiger partial charge >= 0.3 is 0 Å². The summed E-state index contributed by atoms with van der Waals surface area (Å²) in [7, 11) is 0. The smallest absolute Gasteiger partial charge is 0.256 e. The normalized spacial score (nSPS) is 9.69. The minimum absolute atomic E-state index is 0.248. The van der Waals surface area contributed by atoms with Crippen LogP contribution in [0.5, 0.6) is 0 Å². The quantitative estimate of drug-likeness (QED) is 0.911. The molecule has 0 spiro atoms. The first-order valence-electron chi connectivity index (χ1n) is 3.45. The molecule has 0 aliphatic carbocycles. The molecule has 0 unspecified atom stereocenters. The van der Waals surface area contributed by atoms with Crippen molar-refractivity contribution in [1.29, 1.82) is 0 Å². The average molecular weight is 265 g/mol. The summed E-state index contributed by atoms with van der Waals surface area (Å²) in [5.41, 5.74) is 0.443. The number of hydrogen-bond acceptors (Lipinski definition) is 2. The first-order chi connectivity index (χ1) is 6.11. The Balaban J connectivity index is 2.59. The standard InChI is InChI=1S/C8H7BrClNO2/c1-5(10)4-11-8(12)6-2-3-13-7(6)9/h2-3H,1,4H2,(H,11,12). The molecule has 1 N–H and O–H groups in total. The van der Waals surface area contributed by atoms with Gasteiger partial charge in [0.2, 0.25) is 0 Å². The molecule has 0 aromatic carbocycles. The van der Waals surface area contributed by atoms with Crippen LogP contribution in [0, 0.1) is 0 Å². The van der Waals surface area contributed by atoms with Crippen LogP contribution in [-0.2, 0) is 0 Å². The fraction of sp³-hybridized carbons (Fsp3) is 0.125. The topological polar surface area (TPSA) is 42.2 Å². The minimum atomic E-state index is -0.248. The maximum Gasteiger partial charge on any atom is 0.256 e. The van der Waals surface area contributed by atoms with Crippen molar-refractivity contribution < 1.29 is 9.21 Å². The summed E-state index contributed by atoms with van der Waals surface area (Å²) in [6.45, 7) is 3.69. The van der Waals surface area contributed by atoms with Gasteiger partial charge in [0.25, 0.3) is 5.91 Å². The molecular formula is C8H7BrClNO2. The lowest BCUT2D eigenvalue weighted by atomic mass is 10.3. The molecule has 1 aromatic heterocycles. The Kier molecular flexibility index (Phi) is 3.57. The van der Waals surface area contributed by atoms with Gasteiger partial charge in [0.1, 0.15) is 0 Å². The van der Waals surface area contributed by atoms with E-state index in [9.17, 15) is 4.79 Å². The van der Waals surface area contributed by atoms with E-state index in [1.54, 1.807) is 6.07 Å². The molecule has 0 saturated carbocycles. The van der Waals surface area contributed by atoms with Crippen LogP contribution in [-0.4, -0.2) is 12.5 Å². The van der Waals surface area contributed by atoms with Gasteiger partial charge in [-0.3, -0.25) is 4.79 Å². The number of halogens is 2. The summed E-state index contributed by atoms with van der Waals surface area (Å²) in [5.74, 6) is -0.248. The number of hydrogen-bond donors (Lipinski definition) is 1. The van der Waals surface area contributed by atoms with Crippen molar-refractivity contribution in [1.82, 2.24) is 5.32 Å². The van der Waals surface area contributed by atoms with Gasteiger partial charge in [0.15, 0.2) is 4.67 Å². The highest BCUT2D eigenvalue weighted by Gasteiger charge is 2.11. The molecule has 0 atom stereocenters. The van der Waals surface area contributed by atoms with Crippen LogP contribution in [0.2, 0.25) is 0 Å². The van der Waals surface area contributed by atoms with E-state index in [2.05, 4.69) is 27.8 Å². The second kappa shape index (κ2) is 4.48. The maximum absolute atomic E-state index is 11.3. The summed E-state index contributed by atoms with van der Waals surface area (Å²) in [6, 6.07) is 1.57. The largest absolute Gasteiger partial charge is 0.457 e. The zero-order chi connectivity index (χ0) is 9.84. The molecule has 0 saturated heterocycles. The number of furan rings is 1. The van der Waals surface area contributed by atoms with Gasteiger partial charge in [-0.1, -0.05) is 18.2 Å². The molecule has 0 aliphatic rings. The molecule has 0 fully saturated rings. The third-order valence-corrected chi connectivity index (χ3v) is 2.05. The van der Waals surface area contributed by atoms with Gasteiger partial charge in [0, 0.05) is 5.03 Å². The van der Waals surface area contributed by atoms with Crippen LogP contribution in [0.1, 0.15) is 10.4 Å². The Morgan fingerprint density at radius 3 is 2.92 bits per heavy atom. The van der Waals surface area contributed by atoms with E-state index in [0.717, 1.165) is 0 Å². The zero-order valence-corrected chi connectivity index (χ0v) is 8.98. The summed E-state index contributed by atoms with van der Waals surface area (Å²) in [6.07, 6.45) is 1.43. The lowest BCUT2D eigenvalue weighted by Gasteiger charge is -2.00. The molecule has 1 amide bonds. The van der Waals surface area contributed by atoms with Gasteiger partial charge in [-0.25, -0.2) is 0 Å². The van der Waals surface area contributed by atoms with Crippen molar-refractivity contribution in [2.24, 2.45) is 0 Å². The second-order valence-electron chi connectivity index (χ2n) is 2.31. The van der Waals surface area contributed by atoms with E-state index in [1.165, 1.54) is 6.26 Å². The van der Waals surface area contributed by atoms with E-state index >= 15 is 0 Å². The van der Waals surface area contributed by atoms with Gasteiger partial charge in [0.05, 0.1) is 18.4 Å². The van der Waals surface area contributed by atoms with Crippen LogP contribution in [0.25, 0.3) is 0 Å². The number of carbonyl (C=O) groups excluding carboxylic acids is 1. The van der Waals surface area contributed by atoms with Crippen molar-refractivity contribution in [2.45, 2.75) is 0 Å². The van der Waals surface area contributed by atoms with Crippen molar-refractivity contribution in [3.8, 4) is 0 Å². The van der Waals surface area contributed by atoms with Crippen molar-refractivity contribution in [2.75, 3.05) is 6.54 Å². The zero-order valence-electron chi connectivity index (χ0n) is 6.64. The van der Waals surface area contributed by atoms with E-state index in [1.807, 2.05) is 0 Å². The molecule has 1 rings (SSSR count). The molecule has 0 bridgehead atoms. The molecular weight excluding hydrogens is 257 g/mol. The summed E-state index contributed by atoms with van der Waals surface area (Å²) in [5, 5.41) is 2.95. The molecule has 13 heavy (non-hydrogen) atoms. The molecule has 70 valence electrons. The van der Waals surface area contributed by atoms with Crippen molar-refractivity contribution >= 4 is 33.4 Å². The molecule has 1 heterocycles. The fourth-order valence-electron chi connectivity index (χ4n) is 0.727. The second-order valence-corrected chi connectivity index (χ2v) is 3.56. The Morgan fingerprint density at radius 2 is 2.46 bits per heavy atom. The fourth-order valence-corrected chi connectivity index (χ4v) is 1.21. The molecule has 5 heteroatoms. The number of rotatable bonds is 3. The number of carbonyl (C=O) groups is 1. The molecule has 3 nitrogen and oxygen atoms in total. The Hall–Kier alpha value is -0.740. The summed E-state index contributed by atoms with van der Waals surface area (Å²) < 4.78 is 5.30. The highest BCUT2D eigenvalue weighted by molar-refractivity contribution is 9.10. The monoisotopic (exact) mass is 263 g/mol. The lowest BCUT2D eigenvalue weighted by Crippen LogP contribution is -2.24. The van der Waals surface area contributed by atoms with Crippen molar-refractivity contribution in [3.63, 3.8) is 0 Å². The minimum Gasteiger partial charge on any atom is -0.457 e. The van der Waals surface area contributed by atoms with E-state index in [4.69, 9.17) is 16.0 Å². The van der Waals surface area contributed by atoms with Gasteiger partial charge < -0.3 is 9.73 Å². The van der Waals surface area contributed by atoms with Crippen molar-refractivity contribution in [3.05, 3.63) is 34.2 Å². The first-order valence-corrected chi connectivity index (χ1v) is 4.63. The lowest BCUT2D eigenvalue weighted by molar-refractivity contribution is 0.0956. The average Bonchev–Trinajstić information content (AvgIpc) is 2.47.